The van der Waals surface area contributed by atoms with E-state index in [1.54, 1.807) is 0 Å². The molecule has 10 heavy (non-hydrogen) atoms. The molecule has 1 amide bonds. The van der Waals surface area contributed by atoms with Gasteiger partial charge in [-0.2, -0.15) is 0 Å². The number of hydrogen-bond donors (Lipinski definition) is 1. The zero-order valence-electron chi connectivity index (χ0n) is 6.39. The van der Waals surface area contributed by atoms with Crippen LogP contribution in [0.1, 0.15) is 20.3 Å². The van der Waals surface area contributed by atoms with Crippen LogP contribution in [-0.2, 0) is 4.74 Å². The predicted octanol–water partition coefficient (Wildman–Crippen LogP) is 1.14. The third kappa shape index (κ3) is 1.40. The van der Waals surface area contributed by atoms with E-state index in [1.807, 2.05) is 0 Å². The minimum Gasteiger partial charge on any atom is -0.447 e. The summed E-state index contributed by atoms with van der Waals surface area (Å²) >= 11 is 0. The van der Waals surface area contributed by atoms with E-state index in [2.05, 4.69) is 19.2 Å². The molecule has 3 heteroatoms. The molecule has 0 aromatic heterocycles. The van der Waals surface area contributed by atoms with Gasteiger partial charge in [-0.3, -0.25) is 0 Å². The number of ether oxygens (including phenoxy) is 1. The van der Waals surface area contributed by atoms with Crippen LogP contribution in [0.3, 0.4) is 0 Å². The van der Waals surface area contributed by atoms with Crippen LogP contribution in [0, 0.1) is 5.92 Å². The Morgan fingerprint density at radius 1 is 1.90 bits per heavy atom. The Hall–Kier alpha value is -0.730. The fraction of sp³-hybridized carbons (Fsp3) is 0.857. The van der Waals surface area contributed by atoms with E-state index >= 15 is 0 Å². The first-order chi connectivity index (χ1) is 4.74. The van der Waals surface area contributed by atoms with Crippen LogP contribution < -0.4 is 5.32 Å². The lowest BCUT2D eigenvalue weighted by molar-refractivity contribution is 0.175. The third-order valence-corrected chi connectivity index (χ3v) is 2.03. The molecule has 58 valence electrons. The zero-order valence-corrected chi connectivity index (χ0v) is 6.39. The van der Waals surface area contributed by atoms with Crippen molar-refractivity contribution >= 4 is 6.09 Å². The maximum Gasteiger partial charge on any atom is 0.407 e. The van der Waals surface area contributed by atoms with Gasteiger partial charge in [0.25, 0.3) is 0 Å². The highest BCUT2D eigenvalue weighted by Gasteiger charge is 2.25. The number of hydrogen-bond acceptors (Lipinski definition) is 2. The lowest BCUT2D eigenvalue weighted by Gasteiger charge is -2.13. The second-order valence-corrected chi connectivity index (χ2v) is 2.73. The van der Waals surface area contributed by atoms with Gasteiger partial charge < -0.3 is 10.1 Å². The van der Waals surface area contributed by atoms with E-state index in [0.29, 0.717) is 12.5 Å². The number of alkyl carbamates (subject to hydrolysis) is 1. The van der Waals surface area contributed by atoms with Gasteiger partial charge >= 0.3 is 6.09 Å². The van der Waals surface area contributed by atoms with Crippen LogP contribution in [0.15, 0.2) is 0 Å². The van der Waals surface area contributed by atoms with Gasteiger partial charge in [0, 0.05) is 0 Å². The van der Waals surface area contributed by atoms with Crippen molar-refractivity contribution in [2.24, 2.45) is 5.92 Å². The number of carbonyl (C=O) groups is 1. The van der Waals surface area contributed by atoms with E-state index in [-0.39, 0.29) is 12.1 Å². The minimum atomic E-state index is -0.273. The summed E-state index contributed by atoms with van der Waals surface area (Å²) in [5.74, 6) is 0.520. The summed E-state index contributed by atoms with van der Waals surface area (Å²) in [5, 5.41) is 2.74. The molecular weight excluding hydrogens is 130 g/mol. The zero-order chi connectivity index (χ0) is 7.56. The maximum absolute atomic E-state index is 10.5. The molecule has 0 aliphatic carbocycles. The monoisotopic (exact) mass is 143 g/mol. The van der Waals surface area contributed by atoms with Crippen molar-refractivity contribution in [3.8, 4) is 0 Å². The van der Waals surface area contributed by atoms with Crippen molar-refractivity contribution in [3.05, 3.63) is 0 Å². The van der Waals surface area contributed by atoms with Gasteiger partial charge in [-0.15, -0.1) is 0 Å². The number of nitrogens with one attached hydrogen (secondary N) is 1. The normalized spacial score (nSPS) is 27.4. The minimum absolute atomic E-state index is 0.234. The molecule has 1 unspecified atom stereocenters. The van der Waals surface area contributed by atoms with Crippen molar-refractivity contribution in [1.82, 2.24) is 5.32 Å². The van der Waals surface area contributed by atoms with Crippen LogP contribution in [0.25, 0.3) is 0 Å². The molecule has 1 aliphatic rings. The molecule has 0 bridgehead atoms. The molecule has 1 heterocycles. The number of cyclic esters (lactones) is 1. The van der Waals surface area contributed by atoms with Crippen LogP contribution >= 0.6 is 0 Å². The van der Waals surface area contributed by atoms with Crippen LogP contribution in [0.5, 0.6) is 0 Å². The Bertz CT molecular complexity index is 136. The summed E-state index contributed by atoms with van der Waals surface area (Å²) in [6.45, 7) is 4.75. The number of rotatable bonds is 2. The van der Waals surface area contributed by atoms with E-state index in [0.717, 1.165) is 6.42 Å². The van der Waals surface area contributed by atoms with Crippen molar-refractivity contribution in [2.75, 3.05) is 6.61 Å². The standard InChI is InChI=1S/C7H13NO2/c1-3-5(2)6-4-10-7(9)8-6/h5-6H,3-4H2,1-2H3,(H,8,9)/t5-,6?/m1/s1. The predicted molar refractivity (Wildman–Crippen MR) is 37.7 cm³/mol. The van der Waals surface area contributed by atoms with Gasteiger partial charge in [0.1, 0.15) is 6.61 Å². The largest absolute Gasteiger partial charge is 0.447 e. The van der Waals surface area contributed by atoms with Crippen LogP contribution in [0.4, 0.5) is 4.79 Å². The Kier molecular flexibility index (Phi) is 2.14. The molecule has 0 aromatic carbocycles. The fourth-order valence-corrected chi connectivity index (χ4v) is 0.991. The summed E-state index contributed by atoms with van der Waals surface area (Å²) in [4.78, 5) is 10.5. The Morgan fingerprint density at radius 2 is 2.60 bits per heavy atom. The summed E-state index contributed by atoms with van der Waals surface area (Å²) < 4.78 is 4.74. The Balaban J connectivity index is 2.36. The molecule has 0 radical (unpaired) electrons. The summed E-state index contributed by atoms with van der Waals surface area (Å²) in [7, 11) is 0. The number of carbonyl (C=O) groups excluding carboxylic acids is 1. The van der Waals surface area contributed by atoms with Crippen LogP contribution in [-0.4, -0.2) is 18.7 Å². The SMILES string of the molecule is CC[C@@H](C)C1COC(=O)N1. The highest BCUT2D eigenvalue weighted by molar-refractivity contribution is 5.69. The van der Waals surface area contributed by atoms with Crippen molar-refractivity contribution in [3.63, 3.8) is 0 Å². The van der Waals surface area contributed by atoms with E-state index < -0.39 is 0 Å². The molecule has 1 saturated heterocycles. The van der Waals surface area contributed by atoms with E-state index in [9.17, 15) is 4.79 Å². The first-order valence-electron chi connectivity index (χ1n) is 3.67. The Morgan fingerprint density at radius 3 is 3.00 bits per heavy atom. The second-order valence-electron chi connectivity index (χ2n) is 2.73. The van der Waals surface area contributed by atoms with Gasteiger partial charge in [0.05, 0.1) is 6.04 Å². The van der Waals surface area contributed by atoms with Gasteiger partial charge in [0.2, 0.25) is 0 Å². The quantitative estimate of drug-likeness (QED) is 0.629. The molecule has 0 spiro atoms. The molecule has 1 fully saturated rings. The molecule has 2 atom stereocenters. The summed E-state index contributed by atoms with van der Waals surface area (Å²) in [5.41, 5.74) is 0. The first kappa shape index (κ1) is 7.38. The van der Waals surface area contributed by atoms with Gasteiger partial charge in [-0.25, -0.2) is 4.79 Å². The molecular formula is C7H13NO2. The van der Waals surface area contributed by atoms with Gasteiger partial charge in [-0.1, -0.05) is 20.3 Å². The summed E-state index contributed by atoms with van der Waals surface area (Å²) in [6.07, 6.45) is 0.805. The lowest BCUT2D eigenvalue weighted by Crippen LogP contribution is -2.32. The molecule has 1 N–H and O–H groups in total. The van der Waals surface area contributed by atoms with Gasteiger partial charge in [-0.05, 0) is 5.92 Å². The topological polar surface area (TPSA) is 38.3 Å². The smallest absolute Gasteiger partial charge is 0.407 e. The number of amides is 1. The maximum atomic E-state index is 10.5. The van der Waals surface area contributed by atoms with Crippen LogP contribution in [0.2, 0.25) is 0 Å². The average Bonchev–Trinajstić information content (AvgIpc) is 2.34. The second kappa shape index (κ2) is 2.90. The molecule has 3 nitrogen and oxygen atoms in total. The molecule has 1 rings (SSSR count). The molecule has 1 aliphatic heterocycles. The fourth-order valence-electron chi connectivity index (χ4n) is 0.991. The average molecular weight is 143 g/mol. The molecule has 0 saturated carbocycles. The highest BCUT2D eigenvalue weighted by atomic mass is 16.6. The van der Waals surface area contributed by atoms with E-state index in [1.165, 1.54) is 0 Å². The molecule has 0 aromatic rings. The summed E-state index contributed by atoms with van der Waals surface area (Å²) in [6, 6.07) is 0.234. The van der Waals surface area contributed by atoms with E-state index in [4.69, 9.17) is 4.74 Å². The first-order valence-corrected chi connectivity index (χ1v) is 3.67. The Labute approximate surface area is 60.7 Å². The van der Waals surface area contributed by atoms with Crippen molar-refractivity contribution < 1.29 is 9.53 Å². The van der Waals surface area contributed by atoms with Gasteiger partial charge in [0.15, 0.2) is 0 Å². The van der Waals surface area contributed by atoms with Crippen molar-refractivity contribution in [2.45, 2.75) is 26.3 Å². The highest BCUT2D eigenvalue weighted by Crippen LogP contribution is 2.11. The third-order valence-electron chi connectivity index (χ3n) is 2.03. The van der Waals surface area contributed by atoms with Crippen molar-refractivity contribution in [1.29, 1.82) is 0 Å². The lowest BCUT2D eigenvalue weighted by atomic mass is 10.0.